The van der Waals surface area contributed by atoms with Crippen LogP contribution in [-0.4, -0.2) is 60.1 Å². The van der Waals surface area contributed by atoms with Crippen LogP contribution in [0.3, 0.4) is 0 Å². The van der Waals surface area contributed by atoms with Gasteiger partial charge in [0.25, 0.3) is 15.6 Å². The van der Waals surface area contributed by atoms with Gasteiger partial charge in [0, 0.05) is 18.4 Å². The quantitative estimate of drug-likeness (QED) is 0.405. The summed E-state index contributed by atoms with van der Waals surface area (Å²) in [5.74, 6) is -1.56. The molecule has 0 aromatic heterocycles. The molecule has 15 heteroatoms. The van der Waals surface area contributed by atoms with E-state index in [9.17, 15) is 59.3 Å². The number of anilines is 1. The molecule has 0 spiro atoms. The van der Waals surface area contributed by atoms with Crippen molar-refractivity contribution in [1.29, 1.82) is 0 Å². The van der Waals surface area contributed by atoms with Gasteiger partial charge in [-0.25, -0.2) is 12.8 Å². The predicted octanol–water partition coefficient (Wildman–Crippen LogP) is 4.13. The minimum atomic E-state index is -6.15. The number of ketones is 1. The summed E-state index contributed by atoms with van der Waals surface area (Å²) in [6.45, 7) is 0. The van der Waals surface area contributed by atoms with Crippen molar-refractivity contribution in [3.05, 3.63) is 59.4 Å². The van der Waals surface area contributed by atoms with E-state index in [-0.39, 0.29) is 55.7 Å². The molecule has 2 aliphatic rings. The highest BCUT2D eigenvalue weighted by atomic mass is 32.2. The fourth-order valence-electron chi connectivity index (χ4n) is 5.51. The zero-order valence-corrected chi connectivity index (χ0v) is 22.0. The van der Waals surface area contributed by atoms with Gasteiger partial charge in [0.05, 0.1) is 28.8 Å². The lowest BCUT2D eigenvalue weighted by atomic mass is 9.87. The average Bonchev–Trinajstić information content (AvgIpc) is 3.17. The minimum Gasteiger partial charge on any atom is -0.390 e. The number of halogens is 7. The van der Waals surface area contributed by atoms with Crippen LogP contribution in [0, 0.1) is 11.7 Å². The lowest BCUT2D eigenvalue weighted by molar-refractivity contribution is -0.376. The number of aliphatic hydroxyl groups excluding tert-OH is 2. The van der Waals surface area contributed by atoms with Gasteiger partial charge in [-0.2, -0.15) is 26.3 Å². The first kappa shape index (κ1) is 31.2. The molecule has 2 aromatic carbocycles. The Balaban J connectivity index is 1.75. The molecule has 41 heavy (non-hydrogen) atoms. The van der Waals surface area contributed by atoms with E-state index in [2.05, 4.69) is 0 Å². The maximum atomic E-state index is 13.7. The maximum absolute atomic E-state index is 13.7. The number of alkyl halides is 6. The first-order valence-corrected chi connectivity index (χ1v) is 14.0. The summed E-state index contributed by atoms with van der Waals surface area (Å²) >= 11 is 0. The fourth-order valence-corrected chi connectivity index (χ4v) is 7.23. The Kier molecular flexibility index (Phi) is 8.23. The lowest BCUT2D eigenvalue weighted by Crippen LogP contribution is -2.54. The number of benzene rings is 2. The molecule has 1 fully saturated rings. The van der Waals surface area contributed by atoms with Crippen molar-refractivity contribution in [2.24, 2.45) is 5.92 Å². The van der Waals surface area contributed by atoms with E-state index in [1.807, 2.05) is 0 Å². The van der Waals surface area contributed by atoms with Crippen LogP contribution in [0.4, 0.5) is 36.4 Å². The van der Waals surface area contributed by atoms with Crippen molar-refractivity contribution < 1.29 is 59.3 Å². The number of rotatable bonds is 7. The summed E-state index contributed by atoms with van der Waals surface area (Å²) in [6, 6.07) is 3.96. The summed E-state index contributed by atoms with van der Waals surface area (Å²) in [6.07, 6.45) is -14.9. The first-order valence-electron chi connectivity index (χ1n) is 12.5. The van der Waals surface area contributed by atoms with Crippen LogP contribution >= 0.6 is 0 Å². The summed E-state index contributed by atoms with van der Waals surface area (Å²) in [5.41, 5.74) is -7.31. The molecule has 0 saturated heterocycles. The Labute approximate surface area is 230 Å². The molecular formula is C26H26F7NO6S. The van der Waals surface area contributed by atoms with Gasteiger partial charge in [-0.05, 0) is 67.5 Å². The van der Waals surface area contributed by atoms with Crippen LogP contribution < -0.4 is 4.31 Å². The normalized spacial score (nSPS) is 23.9. The molecule has 0 amide bonds. The molecule has 4 rings (SSSR count). The number of aliphatic hydroxyl groups is 3. The van der Waals surface area contributed by atoms with E-state index in [4.69, 9.17) is 0 Å². The highest BCUT2D eigenvalue weighted by Crippen LogP contribution is 2.51. The maximum Gasteiger partial charge on any atom is 0.430 e. The monoisotopic (exact) mass is 613 g/mol. The Morgan fingerprint density at radius 2 is 1.46 bits per heavy atom. The average molecular weight is 614 g/mol. The van der Waals surface area contributed by atoms with Gasteiger partial charge >= 0.3 is 12.4 Å². The van der Waals surface area contributed by atoms with E-state index < -0.39 is 68.3 Å². The van der Waals surface area contributed by atoms with Gasteiger partial charge in [0.2, 0.25) is 0 Å². The van der Waals surface area contributed by atoms with Gasteiger partial charge in [-0.15, -0.1) is 0 Å². The number of hydrogen-bond acceptors (Lipinski definition) is 6. The lowest BCUT2D eigenvalue weighted by Gasteiger charge is -2.39. The number of hydrogen-bond donors (Lipinski definition) is 3. The van der Waals surface area contributed by atoms with Crippen molar-refractivity contribution in [1.82, 2.24) is 0 Å². The molecule has 1 heterocycles. The molecule has 1 aliphatic heterocycles. The second kappa shape index (κ2) is 10.8. The van der Waals surface area contributed by atoms with Crippen LogP contribution in [-0.2, 0) is 26.8 Å². The van der Waals surface area contributed by atoms with Crippen molar-refractivity contribution in [2.45, 2.75) is 79.6 Å². The molecule has 0 radical (unpaired) electrons. The SMILES string of the molecule is O=C(CC1C[C@@H](O)[C@@H](O)C1)C[C@@H]1CCc2cc(C(O)(C(F)(F)F)C(F)(F)F)ccc2N1S(=O)(=O)c1ccc(F)cc1. The van der Waals surface area contributed by atoms with E-state index in [1.165, 1.54) is 0 Å². The van der Waals surface area contributed by atoms with Gasteiger partial charge < -0.3 is 15.3 Å². The molecule has 1 saturated carbocycles. The molecule has 226 valence electrons. The number of nitrogens with zero attached hydrogens (tertiary/aromatic N) is 1. The molecule has 3 N–H and O–H groups in total. The molecule has 1 unspecified atom stereocenters. The number of carbonyl (C=O) groups excluding carboxylic acids is 1. The van der Waals surface area contributed by atoms with E-state index in [0.717, 1.165) is 28.6 Å². The van der Waals surface area contributed by atoms with Crippen LogP contribution in [0.5, 0.6) is 0 Å². The molecule has 0 bridgehead atoms. The second-order valence-corrected chi connectivity index (χ2v) is 12.2. The number of Topliss-reactive ketones (excluding diaryl/α,β-unsaturated/α-hetero) is 1. The summed E-state index contributed by atoms with van der Waals surface area (Å²) in [7, 11) is -4.61. The standard InChI is InChI=1S/C26H26F7NO6S/c27-17-3-6-20(7-4-17)41(39,40)34-18(13-19(35)9-14-10-22(36)23(37)11-14)5-1-15-12-16(2-8-21(15)34)24(38,25(28,29)30)26(31,32)33/h2-4,6-8,12,14,18,22-23,36-38H,1,5,9-11,13H2/t14?,18-,22-,23+/m0/s1. The predicted molar refractivity (Wildman–Crippen MR) is 130 cm³/mol. The third-order valence-electron chi connectivity index (χ3n) is 7.58. The summed E-state index contributed by atoms with van der Waals surface area (Å²) in [4.78, 5) is 12.5. The fraction of sp³-hybridized carbons (Fsp3) is 0.500. The Morgan fingerprint density at radius 1 is 0.902 bits per heavy atom. The van der Waals surface area contributed by atoms with Gasteiger partial charge in [0.1, 0.15) is 11.6 Å². The number of fused-ring (bicyclic) bond motifs is 1. The second-order valence-electron chi connectivity index (χ2n) is 10.4. The molecule has 1 aliphatic carbocycles. The third kappa shape index (κ3) is 5.81. The Bertz CT molecular complexity index is 1370. The van der Waals surface area contributed by atoms with Crippen LogP contribution in [0.25, 0.3) is 0 Å². The van der Waals surface area contributed by atoms with Crippen molar-refractivity contribution in [2.75, 3.05) is 4.31 Å². The zero-order valence-electron chi connectivity index (χ0n) is 21.2. The Morgan fingerprint density at radius 3 is 2.00 bits per heavy atom. The van der Waals surface area contributed by atoms with E-state index in [0.29, 0.717) is 18.2 Å². The zero-order chi connectivity index (χ0) is 30.5. The molecule has 4 atom stereocenters. The largest absolute Gasteiger partial charge is 0.430 e. The van der Waals surface area contributed by atoms with Gasteiger partial charge in [0.15, 0.2) is 0 Å². The highest BCUT2D eigenvalue weighted by Gasteiger charge is 2.71. The van der Waals surface area contributed by atoms with Crippen LogP contribution in [0.1, 0.15) is 43.2 Å². The van der Waals surface area contributed by atoms with Crippen LogP contribution in [0.2, 0.25) is 0 Å². The van der Waals surface area contributed by atoms with Crippen LogP contribution in [0.15, 0.2) is 47.4 Å². The molecule has 2 aromatic rings. The number of sulfonamides is 1. The van der Waals surface area contributed by atoms with E-state index in [1.54, 1.807) is 0 Å². The summed E-state index contributed by atoms with van der Waals surface area (Å²) in [5, 5.41) is 29.3. The van der Waals surface area contributed by atoms with Crippen molar-refractivity contribution in [3.8, 4) is 0 Å². The van der Waals surface area contributed by atoms with Crippen molar-refractivity contribution in [3.63, 3.8) is 0 Å². The third-order valence-corrected chi connectivity index (χ3v) is 9.46. The summed E-state index contributed by atoms with van der Waals surface area (Å²) < 4.78 is 123. The highest BCUT2D eigenvalue weighted by molar-refractivity contribution is 7.92. The topological polar surface area (TPSA) is 115 Å². The molecular weight excluding hydrogens is 587 g/mol. The number of carbonyl (C=O) groups is 1. The first-order chi connectivity index (χ1) is 18.9. The van der Waals surface area contributed by atoms with Crippen molar-refractivity contribution >= 4 is 21.5 Å². The number of aryl methyl sites for hydroxylation is 1. The molecule has 7 nitrogen and oxygen atoms in total. The minimum absolute atomic E-state index is 0.0922. The smallest absolute Gasteiger partial charge is 0.390 e. The van der Waals surface area contributed by atoms with Gasteiger partial charge in [-0.3, -0.25) is 9.10 Å². The van der Waals surface area contributed by atoms with E-state index >= 15 is 0 Å². The van der Waals surface area contributed by atoms with Gasteiger partial charge in [-0.1, -0.05) is 12.1 Å². The Hall–Kier alpha value is -2.75.